The molecule has 20 heavy (non-hydrogen) atoms. The van der Waals surface area contributed by atoms with Crippen LogP contribution in [0.5, 0.6) is 5.75 Å². The van der Waals surface area contributed by atoms with Gasteiger partial charge in [0, 0.05) is 25.7 Å². The third kappa shape index (κ3) is 4.39. The fraction of sp³-hybridized carbons (Fsp3) is 0.533. The van der Waals surface area contributed by atoms with E-state index in [0.29, 0.717) is 6.04 Å². The van der Waals surface area contributed by atoms with Crippen molar-refractivity contribution in [2.45, 2.75) is 26.8 Å². The number of piperazine rings is 1. The van der Waals surface area contributed by atoms with Gasteiger partial charge in [-0.15, -0.1) is 12.4 Å². The molecular weight excluding hydrogens is 276 g/mol. The van der Waals surface area contributed by atoms with E-state index in [2.05, 4.69) is 12.2 Å². The normalized spacial score (nSPS) is 18.4. The summed E-state index contributed by atoms with van der Waals surface area (Å²) in [7, 11) is 0. The van der Waals surface area contributed by atoms with E-state index in [4.69, 9.17) is 4.74 Å². The summed E-state index contributed by atoms with van der Waals surface area (Å²) in [6.07, 6.45) is 0. The molecule has 5 heteroatoms. The molecule has 1 fully saturated rings. The van der Waals surface area contributed by atoms with Gasteiger partial charge < -0.3 is 15.0 Å². The zero-order chi connectivity index (χ0) is 13.8. The molecule has 1 aromatic carbocycles. The largest absolute Gasteiger partial charge is 0.483 e. The van der Waals surface area contributed by atoms with Crippen LogP contribution in [0.4, 0.5) is 0 Å². The smallest absolute Gasteiger partial charge is 0.260 e. The zero-order valence-corrected chi connectivity index (χ0v) is 13.1. The van der Waals surface area contributed by atoms with Crippen molar-refractivity contribution in [3.05, 3.63) is 29.3 Å². The number of nitrogens with one attached hydrogen (secondary N) is 1. The first-order valence-electron chi connectivity index (χ1n) is 6.77. The molecular formula is C15H23ClN2O2. The summed E-state index contributed by atoms with van der Waals surface area (Å²) in [6.45, 7) is 8.60. The molecule has 0 radical (unpaired) electrons. The Bertz CT molecular complexity index is 465. The Labute approximate surface area is 126 Å². The lowest BCUT2D eigenvalue weighted by atomic mass is 10.1. The molecule has 0 saturated carbocycles. The maximum absolute atomic E-state index is 12.1. The Balaban J connectivity index is 0.00000200. The van der Waals surface area contributed by atoms with Gasteiger partial charge in [0.15, 0.2) is 6.61 Å². The molecule has 0 aromatic heterocycles. The minimum Gasteiger partial charge on any atom is -0.483 e. The second-order valence-corrected chi connectivity index (χ2v) is 5.25. The van der Waals surface area contributed by atoms with Gasteiger partial charge in [-0.1, -0.05) is 12.1 Å². The van der Waals surface area contributed by atoms with Gasteiger partial charge in [-0.3, -0.25) is 4.79 Å². The molecule has 1 aromatic rings. The molecule has 1 aliphatic heterocycles. The predicted octanol–water partition coefficient (Wildman–Crippen LogP) is 1.92. The maximum atomic E-state index is 12.1. The molecule has 1 atom stereocenters. The second-order valence-electron chi connectivity index (χ2n) is 5.25. The van der Waals surface area contributed by atoms with Crippen molar-refractivity contribution in [3.63, 3.8) is 0 Å². The number of aryl methyl sites for hydroxylation is 2. The number of carbonyl (C=O) groups is 1. The van der Waals surface area contributed by atoms with Crippen molar-refractivity contribution in [3.8, 4) is 5.75 Å². The van der Waals surface area contributed by atoms with Crippen molar-refractivity contribution < 1.29 is 9.53 Å². The monoisotopic (exact) mass is 298 g/mol. The lowest BCUT2D eigenvalue weighted by Gasteiger charge is -2.31. The highest BCUT2D eigenvalue weighted by atomic mass is 35.5. The number of hydrogen-bond donors (Lipinski definition) is 1. The molecule has 2 rings (SSSR count). The molecule has 1 unspecified atom stereocenters. The first kappa shape index (κ1) is 16.8. The molecule has 1 saturated heterocycles. The second kappa shape index (κ2) is 7.50. The van der Waals surface area contributed by atoms with Gasteiger partial charge in [-0.2, -0.15) is 0 Å². The van der Waals surface area contributed by atoms with E-state index in [9.17, 15) is 4.79 Å². The van der Waals surface area contributed by atoms with Crippen molar-refractivity contribution in [2.75, 3.05) is 26.2 Å². The van der Waals surface area contributed by atoms with Crippen LogP contribution in [-0.4, -0.2) is 43.1 Å². The van der Waals surface area contributed by atoms with Gasteiger partial charge in [-0.05, 0) is 38.0 Å². The van der Waals surface area contributed by atoms with Crippen LogP contribution in [0, 0.1) is 13.8 Å². The lowest BCUT2D eigenvalue weighted by molar-refractivity contribution is -0.134. The minimum absolute atomic E-state index is 0. The molecule has 1 N–H and O–H groups in total. The van der Waals surface area contributed by atoms with E-state index in [1.165, 1.54) is 0 Å². The standard InChI is InChI=1S/C15H22N2O2.ClH/c1-11-4-5-12(2)14(8-11)19-10-15(18)17-7-6-16-13(3)9-17;/h4-5,8,13,16H,6-7,9-10H2,1-3H3;1H. The predicted molar refractivity (Wildman–Crippen MR) is 82.7 cm³/mol. The van der Waals surface area contributed by atoms with E-state index < -0.39 is 0 Å². The maximum Gasteiger partial charge on any atom is 0.260 e. The van der Waals surface area contributed by atoms with Crippen LogP contribution >= 0.6 is 12.4 Å². The van der Waals surface area contributed by atoms with E-state index in [1.54, 1.807) is 0 Å². The Morgan fingerprint density at radius 2 is 2.20 bits per heavy atom. The van der Waals surface area contributed by atoms with Crippen LogP contribution in [0.15, 0.2) is 18.2 Å². The Morgan fingerprint density at radius 1 is 1.45 bits per heavy atom. The quantitative estimate of drug-likeness (QED) is 0.927. The summed E-state index contributed by atoms with van der Waals surface area (Å²) >= 11 is 0. The van der Waals surface area contributed by atoms with Crippen LogP contribution in [-0.2, 0) is 4.79 Å². The van der Waals surface area contributed by atoms with Gasteiger partial charge in [0.05, 0.1) is 0 Å². The number of nitrogens with zero attached hydrogens (tertiary/aromatic N) is 1. The zero-order valence-electron chi connectivity index (χ0n) is 12.3. The minimum atomic E-state index is 0. The van der Waals surface area contributed by atoms with E-state index >= 15 is 0 Å². The highest BCUT2D eigenvalue weighted by molar-refractivity contribution is 5.85. The summed E-state index contributed by atoms with van der Waals surface area (Å²) in [5.41, 5.74) is 2.20. The average Bonchev–Trinajstić information content (AvgIpc) is 2.39. The van der Waals surface area contributed by atoms with Crippen molar-refractivity contribution in [1.82, 2.24) is 10.2 Å². The van der Waals surface area contributed by atoms with Gasteiger partial charge in [-0.25, -0.2) is 0 Å². The highest BCUT2D eigenvalue weighted by Gasteiger charge is 2.20. The number of halogens is 1. The first-order chi connectivity index (χ1) is 9.06. The molecule has 0 bridgehead atoms. The molecule has 1 heterocycles. The van der Waals surface area contributed by atoms with Crippen LogP contribution in [0.25, 0.3) is 0 Å². The van der Waals surface area contributed by atoms with E-state index in [0.717, 1.165) is 36.5 Å². The number of carbonyl (C=O) groups excluding carboxylic acids is 1. The molecule has 1 aliphatic rings. The van der Waals surface area contributed by atoms with Gasteiger partial charge in [0.25, 0.3) is 5.91 Å². The number of ether oxygens (including phenoxy) is 1. The van der Waals surface area contributed by atoms with Crippen molar-refractivity contribution in [1.29, 1.82) is 0 Å². The first-order valence-corrected chi connectivity index (χ1v) is 6.77. The van der Waals surface area contributed by atoms with Crippen LogP contribution in [0.3, 0.4) is 0 Å². The fourth-order valence-corrected chi connectivity index (χ4v) is 2.25. The summed E-state index contributed by atoms with van der Waals surface area (Å²) in [6, 6.07) is 6.39. The highest BCUT2D eigenvalue weighted by Crippen LogP contribution is 2.19. The molecule has 1 amide bonds. The summed E-state index contributed by atoms with van der Waals surface area (Å²) in [5, 5.41) is 3.32. The number of rotatable bonds is 3. The SMILES string of the molecule is Cc1ccc(C)c(OCC(=O)N2CCNC(C)C2)c1.Cl. The van der Waals surface area contributed by atoms with Gasteiger partial charge in [0.1, 0.15) is 5.75 Å². The molecule has 0 spiro atoms. The topological polar surface area (TPSA) is 41.6 Å². The van der Waals surface area contributed by atoms with Crippen LogP contribution < -0.4 is 10.1 Å². The lowest BCUT2D eigenvalue weighted by Crippen LogP contribution is -2.52. The number of hydrogen-bond acceptors (Lipinski definition) is 3. The summed E-state index contributed by atoms with van der Waals surface area (Å²) < 4.78 is 5.66. The summed E-state index contributed by atoms with van der Waals surface area (Å²) in [5.74, 6) is 0.866. The van der Waals surface area contributed by atoms with Crippen molar-refractivity contribution in [2.24, 2.45) is 0 Å². The van der Waals surface area contributed by atoms with Gasteiger partial charge in [0.2, 0.25) is 0 Å². The van der Waals surface area contributed by atoms with Crippen molar-refractivity contribution >= 4 is 18.3 Å². The number of benzene rings is 1. The van der Waals surface area contributed by atoms with Crippen LogP contribution in [0.2, 0.25) is 0 Å². The molecule has 0 aliphatic carbocycles. The molecule has 4 nitrogen and oxygen atoms in total. The number of amides is 1. The Hall–Kier alpha value is -1.26. The molecule has 112 valence electrons. The average molecular weight is 299 g/mol. The van der Waals surface area contributed by atoms with E-state index in [1.807, 2.05) is 36.9 Å². The third-order valence-corrected chi connectivity index (χ3v) is 3.42. The van der Waals surface area contributed by atoms with Gasteiger partial charge >= 0.3 is 0 Å². The Morgan fingerprint density at radius 3 is 2.90 bits per heavy atom. The third-order valence-electron chi connectivity index (χ3n) is 3.42. The summed E-state index contributed by atoms with van der Waals surface area (Å²) in [4.78, 5) is 14.0. The van der Waals surface area contributed by atoms with E-state index in [-0.39, 0.29) is 24.9 Å². The van der Waals surface area contributed by atoms with Crippen LogP contribution in [0.1, 0.15) is 18.1 Å². The fourth-order valence-electron chi connectivity index (χ4n) is 2.25. The Kier molecular flexibility index (Phi) is 6.30.